The lowest BCUT2D eigenvalue weighted by molar-refractivity contribution is 0.102. The Hall–Kier alpha value is -2.54. The molecule has 0 atom stereocenters. The standard InChI is InChI=1S/C15H15N3O3S/c1-9-8-22-15-17-12(7-18(9)15)14(19)16-11-5-4-10(20-2)6-13(11)21-3/h4-8H,1-3H3,(H,16,19). The third-order valence-electron chi connectivity index (χ3n) is 3.28. The first-order valence-electron chi connectivity index (χ1n) is 6.59. The molecule has 0 spiro atoms. The summed E-state index contributed by atoms with van der Waals surface area (Å²) < 4.78 is 12.3. The topological polar surface area (TPSA) is 64.9 Å². The number of imidazole rings is 1. The molecule has 0 unspecified atom stereocenters. The SMILES string of the molecule is COc1ccc(NC(=O)c2cn3c(C)csc3n2)c(OC)c1. The quantitative estimate of drug-likeness (QED) is 0.803. The number of aryl methyl sites for hydroxylation is 1. The van der Waals surface area contributed by atoms with Crippen LogP contribution in [0.4, 0.5) is 5.69 Å². The second-order valence-corrected chi connectivity index (χ2v) is 5.51. The minimum atomic E-state index is -0.279. The summed E-state index contributed by atoms with van der Waals surface area (Å²) in [7, 11) is 3.12. The van der Waals surface area contributed by atoms with Gasteiger partial charge in [0.2, 0.25) is 0 Å². The number of rotatable bonds is 4. The van der Waals surface area contributed by atoms with Crippen LogP contribution < -0.4 is 14.8 Å². The highest BCUT2D eigenvalue weighted by atomic mass is 32.1. The van der Waals surface area contributed by atoms with Gasteiger partial charge in [0.15, 0.2) is 4.96 Å². The molecule has 0 bridgehead atoms. The Labute approximate surface area is 131 Å². The van der Waals surface area contributed by atoms with Gasteiger partial charge in [0.05, 0.1) is 19.9 Å². The van der Waals surface area contributed by atoms with Crippen molar-refractivity contribution >= 4 is 27.9 Å². The van der Waals surface area contributed by atoms with Crippen LogP contribution in [0.2, 0.25) is 0 Å². The van der Waals surface area contributed by atoms with E-state index in [-0.39, 0.29) is 5.91 Å². The van der Waals surface area contributed by atoms with Crippen molar-refractivity contribution in [2.24, 2.45) is 0 Å². The molecule has 0 aliphatic carbocycles. The Bertz CT molecular complexity index is 838. The predicted molar refractivity (Wildman–Crippen MR) is 85.3 cm³/mol. The molecule has 0 saturated heterocycles. The van der Waals surface area contributed by atoms with E-state index in [1.165, 1.54) is 11.3 Å². The number of carbonyl (C=O) groups is 1. The first-order chi connectivity index (χ1) is 10.6. The van der Waals surface area contributed by atoms with Crippen LogP contribution in [-0.2, 0) is 0 Å². The van der Waals surface area contributed by atoms with Crippen LogP contribution in [0, 0.1) is 6.92 Å². The number of nitrogens with zero attached hydrogens (tertiary/aromatic N) is 2. The number of ether oxygens (including phenoxy) is 2. The molecule has 6 nitrogen and oxygen atoms in total. The van der Waals surface area contributed by atoms with Crippen LogP contribution in [0.1, 0.15) is 16.2 Å². The van der Waals surface area contributed by atoms with Gasteiger partial charge in [-0.3, -0.25) is 9.20 Å². The number of amides is 1. The van der Waals surface area contributed by atoms with Crippen molar-refractivity contribution in [2.75, 3.05) is 19.5 Å². The third-order valence-corrected chi connectivity index (χ3v) is 4.24. The predicted octanol–water partition coefficient (Wildman–Crippen LogP) is 2.97. The molecular formula is C15H15N3O3S. The molecule has 3 rings (SSSR count). The molecule has 1 aromatic carbocycles. The Morgan fingerprint density at radius 1 is 1.32 bits per heavy atom. The van der Waals surface area contributed by atoms with Gasteiger partial charge in [-0.05, 0) is 19.1 Å². The van der Waals surface area contributed by atoms with Crippen LogP contribution in [0.15, 0.2) is 29.8 Å². The van der Waals surface area contributed by atoms with E-state index < -0.39 is 0 Å². The Kier molecular flexibility index (Phi) is 3.72. The fraction of sp³-hybridized carbons (Fsp3) is 0.200. The summed E-state index contributed by atoms with van der Waals surface area (Å²) >= 11 is 1.50. The number of hydrogen-bond acceptors (Lipinski definition) is 5. The van der Waals surface area contributed by atoms with Crippen LogP contribution in [-0.4, -0.2) is 29.5 Å². The molecule has 1 amide bonds. The van der Waals surface area contributed by atoms with E-state index in [9.17, 15) is 4.79 Å². The van der Waals surface area contributed by atoms with Gasteiger partial charge in [0, 0.05) is 23.3 Å². The third kappa shape index (κ3) is 2.50. The van der Waals surface area contributed by atoms with Crippen molar-refractivity contribution in [3.8, 4) is 11.5 Å². The molecular weight excluding hydrogens is 302 g/mol. The summed E-state index contributed by atoms with van der Waals surface area (Å²) in [6.45, 7) is 1.97. The Morgan fingerprint density at radius 3 is 2.82 bits per heavy atom. The summed E-state index contributed by atoms with van der Waals surface area (Å²) in [4.78, 5) is 17.5. The largest absolute Gasteiger partial charge is 0.497 e. The molecule has 0 aliphatic heterocycles. The zero-order chi connectivity index (χ0) is 15.7. The van der Waals surface area contributed by atoms with Crippen molar-refractivity contribution in [1.82, 2.24) is 9.38 Å². The van der Waals surface area contributed by atoms with Gasteiger partial charge >= 0.3 is 0 Å². The molecule has 2 heterocycles. The second kappa shape index (κ2) is 5.69. The first-order valence-corrected chi connectivity index (χ1v) is 7.47. The summed E-state index contributed by atoms with van der Waals surface area (Å²) in [5.74, 6) is 0.914. The number of anilines is 1. The number of carbonyl (C=O) groups excluding carboxylic acids is 1. The van der Waals surface area contributed by atoms with Crippen LogP contribution in [0.3, 0.4) is 0 Å². The Morgan fingerprint density at radius 2 is 2.14 bits per heavy atom. The minimum absolute atomic E-state index is 0.279. The molecule has 2 aromatic heterocycles. The van der Waals surface area contributed by atoms with Gasteiger partial charge in [0.1, 0.15) is 17.2 Å². The van der Waals surface area contributed by atoms with Crippen LogP contribution in [0.5, 0.6) is 11.5 Å². The number of benzene rings is 1. The first kappa shape index (κ1) is 14.4. The average molecular weight is 317 g/mol. The number of thiazole rings is 1. The van der Waals surface area contributed by atoms with Crippen molar-refractivity contribution in [3.63, 3.8) is 0 Å². The monoisotopic (exact) mass is 317 g/mol. The molecule has 3 aromatic rings. The molecule has 0 fully saturated rings. The number of hydrogen-bond donors (Lipinski definition) is 1. The fourth-order valence-electron chi connectivity index (χ4n) is 2.09. The molecule has 0 radical (unpaired) electrons. The normalized spacial score (nSPS) is 10.7. The zero-order valence-corrected chi connectivity index (χ0v) is 13.2. The fourth-order valence-corrected chi connectivity index (χ4v) is 2.94. The Balaban J connectivity index is 1.87. The van der Waals surface area contributed by atoms with E-state index in [2.05, 4.69) is 10.3 Å². The summed E-state index contributed by atoms with van der Waals surface area (Å²) in [6, 6.07) is 5.21. The lowest BCUT2D eigenvalue weighted by Crippen LogP contribution is -2.13. The highest BCUT2D eigenvalue weighted by molar-refractivity contribution is 7.15. The van der Waals surface area contributed by atoms with Gasteiger partial charge in [-0.25, -0.2) is 4.98 Å². The maximum absolute atomic E-state index is 12.3. The van der Waals surface area contributed by atoms with Gasteiger partial charge in [0.25, 0.3) is 5.91 Å². The summed E-state index contributed by atoms with van der Waals surface area (Å²) in [5.41, 5.74) is 1.99. The molecule has 1 N–H and O–H groups in total. The lowest BCUT2D eigenvalue weighted by Gasteiger charge is -2.10. The number of nitrogens with one attached hydrogen (secondary N) is 1. The summed E-state index contributed by atoms with van der Waals surface area (Å²) in [6.07, 6.45) is 1.73. The summed E-state index contributed by atoms with van der Waals surface area (Å²) in [5, 5.41) is 4.81. The maximum Gasteiger partial charge on any atom is 0.276 e. The van der Waals surface area contributed by atoms with E-state index in [1.807, 2.05) is 16.7 Å². The zero-order valence-electron chi connectivity index (χ0n) is 12.4. The average Bonchev–Trinajstić information content (AvgIpc) is 3.10. The van der Waals surface area contributed by atoms with Gasteiger partial charge in [-0.2, -0.15) is 0 Å². The highest BCUT2D eigenvalue weighted by Crippen LogP contribution is 2.29. The highest BCUT2D eigenvalue weighted by Gasteiger charge is 2.15. The maximum atomic E-state index is 12.3. The number of fused-ring (bicyclic) bond motifs is 1. The van der Waals surface area contributed by atoms with Crippen LogP contribution >= 0.6 is 11.3 Å². The molecule has 22 heavy (non-hydrogen) atoms. The van der Waals surface area contributed by atoms with Crippen LogP contribution in [0.25, 0.3) is 4.96 Å². The van der Waals surface area contributed by atoms with E-state index in [4.69, 9.17) is 9.47 Å². The minimum Gasteiger partial charge on any atom is -0.497 e. The van der Waals surface area contributed by atoms with E-state index in [0.717, 1.165) is 10.7 Å². The van der Waals surface area contributed by atoms with Crippen molar-refractivity contribution < 1.29 is 14.3 Å². The molecule has 0 saturated carbocycles. The van der Waals surface area contributed by atoms with E-state index in [0.29, 0.717) is 22.9 Å². The lowest BCUT2D eigenvalue weighted by atomic mass is 10.2. The smallest absolute Gasteiger partial charge is 0.276 e. The van der Waals surface area contributed by atoms with Crippen molar-refractivity contribution in [3.05, 3.63) is 41.2 Å². The number of aromatic nitrogens is 2. The van der Waals surface area contributed by atoms with Gasteiger partial charge < -0.3 is 14.8 Å². The van der Waals surface area contributed by atoms with E-state index >= 15 is 0 Å². The number of methoxy groups -OCH3 is 2. The van der Waals surface area contributed by atoms with Crippen molar-refractivity contribution in [1.29, 1.82) is 0 Å². The molecule has 7 heteroatoms. The van der Waals surface area contributed by atoms with Gasteiger partial charge in [-0.1, -0.05) is 0 Å². The second-order valence-electron chi connectivity index (χ2n) is 4.68. The van der Waals surface area contributed by atoms with E-state index in [1.54, 1.807) is 38.6 Å². The molecule has 0 aliphatic rings. The van der Waals surface area contributed by atoms with Crippen molar-refractivity contribution in [2.45, 2.75) is 6.92 Å². The molecule has 114 valence electrons. The van der Waals surface area contributed by atoms with Gasteiger partial charge in [-0.15, -0.1) is 11.3 Å².